The van der Waals surface area contributed by atoms with Crippen LogP contribution >= 0.6 is 35.0 Å². The number of H-pyrrole nitrogens is 1. The first-order chi connectivity index (χ1) is 15.3. The molecule has 9 nitrogen and oxygen atoms in total. The van der Waals surface area contributed by atoms with Crippen molar-refractivity contribution in [3.05, 3.63) is 73.5 Å². The Hall–Kier alpha value is -2.15. The van der Waals surface area contributed by atoms with Crippen LogP contribution in [0.2, 0.25) is 10.0 Å². The Labute approximate surface area is 197 Å². The molecule has 0 saturated carbocycles. The van der Waals surface area contributed by atoms with E-state index < -0.39 is 21.3 Å². The number of morpholine rings is 1. The van der Waals surface area contributed by atoms with E-state index in [9.17, 15) is 18.0 Å². The van der Waals surface area contributed by atoms with E-state index in [1.807, 2.05) is 0 Å². The third kappa shape index (κ3) is 4.77. The summed E-state index contributed by atoms with van der Waals surface area (Å²) in [6, 6.07) is 9.42. The minimum atomic E-state index is -3.58. The smallest absolute Gasteiger partial charge is 0.349 e. The largest absolute Gasteiger partial charge is 0.379 e. The van der Waals surface area contributed by atoms with Crippen molar-refractivity contribution < 1.29 is 13.2 Å². The lowest BCUT2D eigenvalue weighted by molar-refractivity contribution is 0.0730. The zero-order valence-electron chi connectivity index (χ0n) is 16.3. The zero-order chi connectivity index (χ0) is 22.9. The van der Waals surface area contributed by atoms with Gasteiger partial charge in [-0.2, -0.15) is 14.1 Å². The molecule has 1 aromatic heterocycles. The second-order valence-corrected chi connectivity index (χ2v) is 10.5. The Bertz CT molecular complexity index is 1340. The molecule has 1 fully saturated rings. The molecule has 1 saturated heterocycles. The Balaban J connectivity index is 1.58. The van der Waals surface area contributed by atoms with Crippen LogP contribution in [-0.4, -0.2) is 53.8 Å². The van der Waals surface area contributed by atoms with E-state index in [1.165, 1.54) is 40.3 Å². The predicted molar refractivity (Wildman–Crippen MR) is 121 cm³/mol. The Morgan fingerprint density at radius 2 is 1.66 bits per heavy atom. The van der Waals surface area contributed by atoms with Gasteiger partial charge < -0.3 is 4.74 Å². The van der Waals surface area contributed by atoms with Crippen LogP contribution in [-0.2, 0) is 14.8 Å². The van der Waals surface area contributed by atoms with Crippen LogP contribution in [0, 0.1) is 0 Å². The van der Waals surface area contributed by atoms with Crippen molar-refractivity contribution in [2.75, 3.05) is 26.3 Å². The summed E-state index contributed by atoms with van der Waals surface area (Å²) in [5.41, 5.74) is -1.05. The lowest BCUT2D eigenvalue weighted by Gasteiger charge is -2.26. The zero-order valence-corrected chi connectivity index (χ0v) is 19.5. The number of ether oxygens (including phenoxy) is 1. The molecule has 0 radical (unpaired) electrons. The molecule has 32 heavy (non-hydrogen) atoms. The van der Waals surface area contributed by atoms with Crippen molar-refractivity contribution in [2.45, 2.75) is 14.7 Å². The summed E-state index contributed by atoms with van der Waals surface area (Å²) in [4.78, 5) is 26.7. The maximum Gasteiger partial charge on any atom is 0.349 e. The number of nitrogens with zero attached hydrogens (tertiary/aromatic N) is 3. The lowest BCUT2D eigenvalue weighted by atomic mass is 10.3. The van der Waals surface area contributed by atoms with Crippen LogP contribution in [0.4, 0.5) is 0 Å². The van der Waals surface area contributed by atoms with Gasteiger partial charge in [0.25, 0.3) is 5.56 Å². The van der Waals surface area contributed by atoms with Crippen LogP contribution in [0.15, 0.2) is 66.9 Å². The van der Waals surface area contributed by atoms with Gasteiger partial charge in [0.1, 0.15) is 6.20 Å². The molecule has 1 aliphatic heterocycles. The van der Waals surface area contributed by atoms with Gasteiger partial charge in [0, 0.05) is 22.9 Å². The summed E-state index contributed by atoms with van der Waals surface area (Å²) in [7, 11) is -3.58. The number of halogens is 2. The lowest BCUT2D eigenvalue weighted by Crippen LogP contribution is -2.40. The number of sulfonamides is 1. The first-order valence-electron chi connectivity index (χ1n) is 9.29. The molecule has 2 heterocycles. The molecule has 2 aromatic carbocycles. The van der Waals surface area contributed by atoms with E-state index in [0.717, 1.165) is 15.8 Å². The summed E-state index contributed by atoms with van der Waals surface area (Å²) in [6.45, 7) is 1.40. The van der Waals surface area contributed by atoms with Crippen molar-refractivity contribution in [2.24, 2.45) is 0 Å². The van der Waals surface area contributed by atoms with Gasteiger partial charge in [0.05, 0.1) is 33.8 Å². The summed E-state index contributed by atoms with van der Waals surface area (Å²) >= 11 is 14.0. The van der Waals surface area contributed by atoms with Gasteiger partial charge in [-0.25, -0.2) is 13.2 Å². The molecule has 0 amide bonds. The van der Waals surface area contributed by atoms with E-state index in [2.05, 4.69) is 10.1 Å². The van der Waals surface area contributed by atoms with E-state index in [-0.39, 0.29) is 20.6 Å². The molecule has 0 aliphatic carbocycles. The highest BCUT2D eigenvalue weighted by Gasteiger charge is 2.26. The average Bonchev–Trinajstić information content (AvgIpc) is 2.77. The van der Waals surface area contributed by atoms with Gasteiger partial charge >= 0.3 is 5.69 Å². The van der Waals surface area contributed by atoms with E-state index in [0.29, 0.717) is 31.2 Å². The van der Waals surface area contributed by atoms with Gasteiger partial charge in [-0.05, 0) is 36.4 Å². The third-order valence-electron chi connectivity index (χ3n) is 4.59. The topological polar surface area (TPSA) is 114 Å². The minimum absolute atomic E-state index is 0.194. The first kappa shape index (κ1) is 23.0. The first-order valence-corrected chi connectivity index (χ1v) is 12.3. The number of rotatable bonds is 5. The monoisotopic (exact) mass is 514 g/mol. The van der Waals surface area contributed by atoms with Crippen LogP contribution < -0.4 is 11.2 Å². The fourth-order valence-corrected chi connectivity index (χ4v) is 5.97. The van der Waals surface area contributed by atoms with Crippen molar-refractivity contribution in [3.63, 3.8) is 0 Å². The molecular weight excluding hydrogens is 499 g/mol. The third-order valence-corrected chi connectivity index (χ3v) is 8.48. The summed E-state index contributed by atoms with van der Waals surface area (Å²) in [5, 5.41) is 4.32. The van der Waals surface area contributed by atoms with E-state index >= 15 is 0 Å². The van der Waals surface area contributed by atoms with Crippen LogP contribution in [0.3, 0.4) is 0 Å². The number of nitrogens with one attached hydrogen (secondary N) is 1. The van der Waals surface area contributed by atoms with Gasteiger partial charge in [0.2, 0.25) is 10.0 Å². The molecule has 1 aliphatic rings. The second kappa shape index (κ2) is 9.38. The van der Waals surface area contributed by atoms with Crippen molar-refractivity contribution in [1.82, 2.24) is 19.1 Å². The van der Waals surface area contributed by atoms with Crippen LogP contribution in [0.25, 0.3) is 5.69 Å². The molecule has 1 N–H and O–H groups in total. The van der Waals surface area contributed by atoms with Crippen molar-refractivity contribution in [1.29, 1.82) is 0 Å². The number of hydrogen-bond acceptors (Lipinski definition) is 7. The minimum Gasteiger partial charge on any atom is -0.379 e. The summed E-state index contributed by atoms with van der Waals surface area (Å²) in [5.74, 6) is 0. The SMILES string of the molecule is O=c1cnn(-c2cc(Cl)c(Sc3ccc(S(=O)(=O)N4CCOCC4)cc3)c(Cl)c2)c(=O)[nH]1. The number of aromatic amines is 1. The Kier molecular flexibility index (Phi) is 6.75. The molecule has 0 unspecified atom stereocenters. The molecular formula is C19H16Cl2N4O5S2. The van der Waals surface area contributed by atoms with Crippen LogP contribution in [0.1, 0.15) is 0 Å². The fourth-order valence-electron chi connectivity index (χ4n) is 3.04. The standard InChI is InChI=1S/C19H16Cl2N4O5S2/c20-15-9-12(25-19(27)23-17(26)11-22-25)10-16(21)18(15)31-13-1-3-14(4-2-13)32(28,29)24-5-7-30-8-6-24/h1-4,9-11H,5-8H2,(H,23,26,27). The highest BCUT2D eigenvalue weighted by Crippen LogP contribution is 2.40. The van der Waals surface area contributed by atoms with Crippen LogP contribution in [0.5, 0.6) is 0 Å². The highest BCUT2D eigenvalue weighted by atomic mass is 35.5. The maximum atomic E-state index is 12.8. The predicted octanol–water partition coefficient (Wildman–Crippen LogP) is 2.40. The fraction of sp³-hybridized carbons (Fsp3) is 0.211. The molecule has 0 atom stereocenters. The summed E-state index contributed by atoms with van der Waals surface area (Å²) in [6.07, 6.45) is 0.971. The molecule has 0 bridgehead atoms. The normalized spacial score (nSPS) is 15.1. The number of aromatic nitrogens is 3. The Morgan fingerprint density at radius 3 is 2.25 bits per heavy atom. The van der Waals surface area contributed by atoms with Crippen molar-refractivity contribution in [3.8, 4) is 5.69 Å². The average molecular weight is 515 g/mol. The molecule has 13 heteroatoms. The Morgan fingerprint density at radius 1 is 1.03 bits per heavy atom. The molecule has 4 rings (SSSR count). The van der Waals surface area contributed by atoms with Gasteiger partial charge in [-0.15, -0.1) is 0 Å². The number of benzene rings is 2. The maximum absolute atomic E-state index is 12.8. The molecule has 3 aromatic rings. The van der Waals surface area contributed by atoms with E-state index in [4.69, 9.17) is 27.9 Å². The van der Waals surface area contributed by atoms with Gasteiger partial charge in [0.15, 0.2) is 0 Å². The summed E-state index contributed by atoms with van der Waals surface area (Å²) < 4.78 is 33.1. The van der Waals surface area contributed by atoms with Gasteiger partial charge in [-0.3, -0.25) is 9.78 Å². The number of hydrogen-bond donors (Lipinski definition) is 1. The molecule has 0 spiro atoms. The quantitative estimate of drug-likeness (QED) is 0.555. The van der Waals surface area contributed by atoms with Crippen molar-refractivity contribution >= 4 is 45.0 Å². The van der Waals surface area contributed by atoms with Gasteiger partial charge in [-0.1, -0.05) is 35.0 Å². The van der Waals surface area contributed by atoms with E-state index in [1.54, 1.807) is 12.1 Å². The molecule has 168 valence electrons. The highest BCUT2D eigenvalue weighted by molar-refractivity contribution is 7.99. The second-order valence-electron chi connectivity index (χ2n) is 6.68.